The molecular formula is C14H21ClN2O2S. The molecular weight excluding hydrogens is 296 g/mol. The first-order chi connectivity index (χ1) is 9.61. The van der Waals surface area contributed by atoms with Gasteiger partial charge in [-0.25, -0.2) is 8.42 Å². The molecule has 3 rings (SSSR count). The van der Waals surface area contributed by atoms with E-state index in [-0.39, 0.29) is 0 Å². The smallest absolute Gasteiger partial charge is 0.244 e. The largest absolute Gasteiger partial charge is 0.363 e. The minimum absolute atomic E-state index is 0.306. The predicted octanol–water partition coefficient (Wildman–Crippen LogP) is 2.95. The van der Waals surface area contributed by atoms with Crippen LogP contribution in [0.1, 0.15) is 37.8 Å². The molecule has 1 saturated carbocycles. The number of hydrogen-bond acceptors (Lipinski definition) is 2. The number of halogens is 1. The van der Waals surface area contributed by atoms with Crippen LogP contribution in [0, 0.1) is 11.8 Å². The van der Waals surface area contributed by atoms with Crippen molar-refractivity contribution in [1.29, 1.82) is 0 Å². The fourth-order valence-electron chi connectivity index (χ4n) is 3.58. The highest BCUT2D eigenvalue weighted by atomic mass is 35.5. The second-order valence-corrected chi connectivity index (χ2v) is 8.16. The summed E-state index contributed by atoms with van der Waals surface area (Å²) >= 11 is 5.73. The van der Waals surface area contributed by atoms with E-state index in [9.17, 15) is 8.42 Å². The second-order valence-electron chi connectivity index (χ2n) is 5.95. The van der Waals surface area contributed by atoms with Crippen molar-refractivity contribution in [3.05, 3.63) is 18.0 Å². The van der Waals surface area contributed by atoms with Crippen LogP contribution in [0.3, 0.4) is 0 Å². The number of sulfonamides is 1. The Balaban J connectivity index is 1.77. The number of H-pyrrole nitrogens is 1. The van der Waals surface area contributed by atoms with E-state index in [2.05, 4.69) is 4.98 Å². The van der Waals surface area contributed by atoms with Gasteiger partial charge >= 0.3 is 0 Å². The van der Waals surface area contributed by atoms with Gasteiger partial charge in [0.2, 0.25) is 10.0 Å². The Morgan fingerprint density at radius 2 is 2.00 bits per heavy atom. The number of aromatic amines is 1. The topological polar surface area (TPSA) is 53.2 Å². The van der Waals surface area contributed by atoms with Crippen LogP contribution in [0.2, 0.25) is 0 Å². The second kappa shape index (κ2) is 5.70. The van der Waals surface area contributed by atoms with E-state index < -0.39 is 10.0 Å². The Morgan fingerprint density at radius 3 is 2.70 bits per heavy atom. The highest BCUT2D eigenvalue weighted by Crippen LogP contribution is 2.37. The number of hydrogen-bond donors (Lipinski definition) is 1. The first kappa shape index (κ1) is 14.4. The zero-order valence-corrected chi connectivity index (χ0v) is 13.1. The summed E-state index contributed by atoms with van der Waals surface area (Å²) in [7, 11) is -3.36. The SMILES string of the molecule is O=S(=O)(c1c[nH]c(CCl)c1)N1CCC2CCCCC2C1. The van der Waals surface area contributed by atoms with Gasteiger partial charge in [0, 0.05) is 25.0 Å². The maximum absolute atomic E-state index is 12.7. The van der Waals surface area contributed by atoms with Crippen LogP contribution >= 0.6 is 11.6 Å². The molecule has 2 fully saturated rings. The number of nitrogens with zero attached hydrogens (tertiary/aromatic N) is 1. The van der Waals surface area contributed by atoms with Gasteiger partial charge in [0.05, 0.1) is 10.8 Å². The summed E-state index contributed by atoms with van der Waals surface area (Å²) in [4.78, 5) is 3.27. The third-order valence-electron chi connectivity index (χ3n) is 4.75. The molecule has 0 spiro atoms. The average Bonchev–Trinajstić information content (AvgIpc) is 2.96. The molecule has 2 atom stereocenters. The highest BCUT2D eigenvalue weighted by molar-refractivity contribution is 7.89. The standard InChI is InChI=1S/C14H21ClN2O2S/c15-8-13-7-14(9-16-13)20(18,19)17-6-5-11-3-1-2-4-12(11)10-17/h7,9,11-12,16H,1-6,8,10H2. The Labute approximate surface area is 125 Å². The number of fused-ring (bicyclic) bond motifs is 1. The van der Waals surface area contributed by atoms with E-state index in [1.165, 1.54) is 25.7 Å². The van der Waals surface area contributed by atoms with E-state index in [1.54, 1.807) is 16.6 Å². The molecule has 0 aromatic carbocycles. The molecule has 0 amide bonds. The third kappa shape index (κ3) is 2.63. The molecule has 1 aliphatic carbocycles. The van der Waals surface area contributed by atoms with Crippen molar-refractivity contribution in [3.8, 4) is 0 Å². The quantitative estimate of drug-likeness (QED) is 0.872. The van der Waals surface area contributed by atoms with Gasteiger partial charge in [0.25, 0.3) is 0 Å². The summed E-state index contributed by atoms with van der Waals surface area (Å²) < 4.78 is 27.0. The van der Waals surface area contributed by atoms with Gasteiger partial charge < -0.3 is 4.98 Å². The summed E-state index contributed by atoms with van der Waals surface area (Å²) in [5, 5.41) is 0. The van der Waals surface area contributed by atoms with Crippen molar-refractivity contribution in [2.75, 3.05) is 13.1 Å². The van der Waals surface area contributed by atoms with Gasteiger partial charge in [-0.3, -0.25) is 0 Å². The van der Waals surface area contributed by atoms with Crippen molar-refractivity contribution < 1.29 is 8.42 Å². The minimum atomic E-state index is -3.36. The van der Waals surface area contributed by atoms with Crippen LogP contribution < -0.4 is 0 Å². The number of rotatable bonds is 3. The number of alkyl halides is 1. The maximum atomic E-state index is 12.7. The highest BCUT2D eigenvalue weighted by Gasteiger charge is 2.36. The van der Waals surface area contributed by atoms with Crippen LogP contribution in [-0.4, -0.2) is 30.8 Å². The van der Waals surface area contributed by atoms with Crippen molar-refractivity contribution in [2.45, 2.75) is 42.9 Å². The lowest BCUT2D eigenvalue weighted by Crippen LogP contribution is -2.44. The summed E-state index contributed by atoms with van der Waals surface area (Å²) in [6.07, 6.45) is 7.58. The summed E-state index contributed by atoms with van der Waals surface area (Å²) in [6, 6.07) is 1.65. The lowest BCUT2D eigenvalue weighted by molar-refractivity contribution is 0.136. The van der Waals surface area contributed by atoms with E-state index in [4.69, 9.17) is 11.6 Å². The van der Waals surface area contributed by atoms with Gasteiger partial charge in [-0.05, 0) is 30.7 Å². The van der Waals surface area contributed by atoms with Crippen LogP contribution in [0.5, 0.6) is 0 Å². The summed E-state index contributed by atoms with van der Waals surface area (Å²) in [5.41, 5.74) is 0.748. The Hall–Kier alpha value is -0.520. The lowest BCUT2D eigenvalue weighted by atomic mass is 9.76. The van der Waals surface area contributed by atoms with Crippen molar-refractivity contribution in [1.82, 2.24) is 9.29 Å². The van der Waals surface area contributed by atoms with Gasteiger partial charge in [0.1, 0.15) is 0 Å². The van der Waals surface area contributed by atoms with Gasteiger partial charge in [-0.15, -0.1) is 11.6 Å². The first-order valence-corrected chi connectivity index (χ1v) is 9.32. The third-order valence-corrected chi connectivity index (χ3v) is 6.88. The zero-order chi connectivity index (χ0) is 14.2. The van der Waals surface area contributed by atoms with E-state index >= 15 is 0 Å². The van der Waals surface area contributed by atoms with Crippen LogP contribution in [0.15, 0.2) is 17.2 Å². The molecule has 2 unspecified atom stereocenters. The molecule has 112 valence electrons. The minimum Gasteiger partial charge on any atom is -0.363 e. The van der Waals surface area contributed by atoms with Gasteiger partial charge in [-0.2, -0.15) is 4.31 Å². The summed E-state index contributed by atoms with van der Waals surface area (Å²) in [6.45, 7) is 1.35. The molecule has 2 aliphatic rings. The monoisotopic (exact) mass is 316 g/mol. The fourth-order valence-corrected chi connectivity index (χ4v) is 5.26. The van der Waals surface area contributed by atoms with Crippen LogP contribution in [-0.2, 0) is 15.9 Å². The number of piperidine rings is 1. The Morgan fingerprint density at radius 1 is 1.25 bits per heavy atom. The molecule has 1 aromatic heterocycles. The molecule has 1 aliphatic heterocycles. The Kier molecular flexibility index (Phi) is 4.11. The molecule has 1 aromatic rings. The fraction of sp³-hybridized carbons (Fsp3) is 0.714. The van der Waals surface area contributed by atoms with Gasteiger partial charge in [-0.1, -0.05) is 19.3 Å². The molecule has 2 heterocycles. The van der Waals surface area contributed by atoms with Crippen LogP contribution in [0.25, 0.3) is 0 Å². The summed E-state index contributed by atoms with van der Waals surface area (Å²) in [5.74, 6) is 1.60. The molecule has 1 saturated heterocycles. The predicted molar refractivity (Wildman–Crippen MR) is 79.2 cm³/mol. The van der Waals surface area contributed by atoms with E-state index in [0.717, 1.165) is 18.0 Å². The van der Waals surface area contributed by atoms with Crippen molar-refractivity contribution in [3.63, 3.8) is 0 Å². The molecule has 6 heteroatoms. The lowest BCUT2D eigenvalue weighted by Gasteiger charge is -2.40. The normalized spacial score (nSPS) is 28.2. The van der Waals surface area contributed by atoms with E-state index in [1.807, 2.05) is 0 Å². The molecule has 0 radical (unpaired) electrons. The zero-order valence-electron chi connectivity index (χ0n) is 11.5. The molecule has 0 bridgehead atoms. The van der Waals surface area contributed by atoms with E-state index in [0.29, 0.717) is 29.8 Å². The molecule has 1 N–H and O–H groups in total. The van der Waals surface area contributed by atoms with Crippen LogP contribution in [0.4, 0.5) is 0 Å². The molecule has 20 heavy (non-hydrogen) atoms. The van der Waals surface area contributed by atoms with Crippen molar-refractivity contribution >= 4 is 21.6 Å². The van der Waals surface area contributed by atoms with Crippen molar-refractivity contribution in [2.24, 2.45) is 11.8 Å². The molecule has 4 nitrogen and oxygen atoms in total. The number of nitrogens with one attached hydrogen (secondary N) is 1. The number of aromatic nitrogens is 1. The first-order valence-electron chi connectivity index (χ1n) is 7.34. The van der Waals surface area contributed by atoms with Gasteiger partial charge in [0.15, 0.2) is 0 Å². The average molecular weight is 317 g/mol. The Bertz CT molecular complexity index is 569. The maximum Gasteiger partial charge on any atom is 0.244 e.